The van der Waals surface area contributed by atoms with Gasteiger partial charge in [0.25, 0.3) is 11.5 Å². The maximum Gasteiger partial charge on any atom is 0.274 e. The Balaban J connectivity index is 1.82. The van der Waals surface area contributed by atoms with Crippen LogP contribution in [-0.4, -0.2) is 35.6 Å². The minimum Gasteiger partial charge on any atom is -0.382 e. The Hall–Kier alpha value is -3.70. The second-order valence-electron chi connectivity index (χ2n) is 6.52. The topological polar surface area (TPSA) is 170 Å². The molecule has 0 fully saturated rings. The van der Waals surface area contributed by atoms with Crippen molar-refractivity contribution >= 4 is 51.6 Å². The van der Waals surface area contributed by atoms with Crippen LogP contribution in [0.2, 0.25) is 10.2 Å². The fourth-order valence-electron chi connectivity index (χ4n) is 3.04. The Morgan fingerprint density at radius 1 is 1.16 bits per heavy atom. The largest absolute Gasteiger partial charge is 0.382 e. The third-order valence-corrected chi connectivity index (χ3v) is 5.05. The molecule has 0 aliphatic rings. The number of carbonyl (C=O) groups is 1. The molecule has 4 aromatic rings. The van der Waals surface area contributed by atoms with Gasteiger partial charge in [0.2, 0.25) is 0 Å². The number of H-pyrrole nitrogens is 1. The highest BCUT2D eigenvalue weighted by atomic mass is 35.5. The van der Waals surface area contributed by atoms with Gasteiger partial charge in [-0.2, -0.15) is 5.10 Å². The van der Waals surface area contributed by atoms with Crippen molar-refractivity contribution in [3.05, 3.63) is 62.5 Å². The summed E-state index contributed by atoms with van der Waals surface area (Å²) in [5.74, 6) is -0.368. The third-order valence-electron chi connectivity index (χ3n) is 4.45. The van der Waals surface area contributed by atoms with E-state index in [4.69, 9.17) is 34.7 Å². The second kappa shape index (κ2) is 7.85. The van der Waals surface area contributed by atoms with Gasteiger partial charge in [0.05, 0.1) is 28.2 Å². The smallest absolute Gasteiger partial charge is 0.274 e. The monoisotopic (exact) mass is 459 g/mol. The van der Waals surface area contributed by atoms with Gasteiger partial charge in [-0.3, -0.25) is 14.7 Å². The molecule has 0 aliphatic carbocycles. The van der Waals surface area contributed by atoms with Crippen molar-refractivity contribution in [2.45, 2.75) is 13.0 Å². The number of fused-ring (bicyclic) bond motifs is 1. The molecule has 4 rings (SSSR count). The summed E-state index contributed by atoms with van der Waals surface area (Å²) in [5.41, 5.74) is 11.1. The van der Waals surface area contributed by atoms with E-state index in [0.29, 0.717) is 11.3 Å². The van der Waals surface area contributed by atoms with Crippen LogP contribution in [0.15, 0.2) is 35.3 Å². The van der Waals surface area contributed by atoms with Gasteiger partial charge in [-0.25, -0.2) is 19.5 Å². The predicted octanol–water partition coefficient (Wildman–Crippen LogP) is 1.86. The van der Waals surface area contributed by atoms with Crippen molar-refractivity contribution in [1.29, 1.82) is 0 Å². The van der Waals surface area contributed by atoms with Crippen molar-refractivity contribution in [1.82, 2.24) is 35.0 Å². The fraction of sp³-hybridized carbons (Fsp3) is 0.111. The number of amides is 1. The second-order valence-corrected chi connectivity index (χ2v) is 7.28. The summed E-state index contributed by atoms with van der Waals surface area (Å²) in [5, 5.41) is 9.65. The first-order valence-corrected chi connectivity index (χ1v) is 9.63. The number of benzene rings is 1. The van der Waals surface area contributed by atoms with Gasteiger partial charge >= 0.3 is 0 Å². The number of carbonyl (C=O) groups excluding carboxylic acids is 1. The standard InChI is InChI=1S/C18H15Cl2N9O2/c1-7(24-17(30)12-14(21)27-15(22)13(20)26-12)16-25-9-4-2-3-8(19)11(9)18(31)29(16)10-5-6-23-28-10/h2-7H,1H3,(H,23,28)(H,24,30)(H4,21,22,27). The lowest BCUT2D eigenvalue weighted by molar-refractivity contribution is 0.0933. The normalized spacial score (nSPS) is 12.1. The van der Waals surface area contributed by atoms with E-state index in [9.17, 15) is 9.59 Å². The Bertz CT molecular complexity index is 1370. The molecule has 0 aliphatic heterocycles. The number of rotatable bonds is 4. The van der Waals surface area contributed by atoms with E-state index < -0.39 is 17.5 Å². The Labute approximate surface area is 184 Å². The zero-order chi connectivity index (χ0) is 22.3. The van der Waals surface area contributed by atoms with Crippen molar-refractivity contribution in [3.63, 3.8) is 0 Å². The van der Waals surface area contributed by atoms with E-state index in [-0.39, 0.29) is 38.7 Å². The third kappa shape index (κ3) is 3.64. The molecule has 0 saturated heterocycles. The van der Waals surface area contributed by atoms with Crippen molar-refractivity contribution in [2.24, 2.45) is 0 Å². The average Bonchev–Trinajstić information content (AvgIpc) is 3.24. The molecular weight excluding hydrogens is 445 g/mol. The predicted molar refractivity (Wildman–Crippen MR) is 116 cm³/mol. The van der Waals surface area contributed by atoms with Crippen molar-refractivity contribution in [3.8, 4) is 5.82 Å². The van der Waals surface area contributed by atoms with Gasteiger partial charge in [0.1, 0.15) is 11.6 Å². The summed E-state index contributed by atoms with van der Waals surface area (Å²) < 4.78 is 1.29. The van der Waals surface area contributed by atoms with E-state index >= 15 is 0 Å². The van der Waals surface area contributed by atoms with Crippen LogP contribution in [0, 0.1) is 0 Å². The number of hydrogen-bond acceptors (Lipinski definition) is 8. The van der Waals surface area contributed by atoms with Crippen LogP contribution < -0.4 is 22.3 Å². The van der Waals surface area contributed by atoms with Crippen LogP contribution in [0.5, 0.6) is 0 Å². The highest BCUT2D eigenvalue weighted by Crippen LogP contribution is 2.23. The Morgan fingerprint density at radius 3 is 2.65 bits per heavy atom. The van der Waals surface area contributed by atoms with E-state index in [2.05, 4.69) is 30.5 Å². The van der Waals surface area contributed by atoms with E-state index in [1.165, 1.54) is 10.8 Å². The number of nitrogen functional groups attached to an aromatic ring is 2. The molecule has 0 saturated carbocycles. The summed E-state index contributed by atoms with van der Waals surface area (Å²) in [7, 11) is 0. The number of hydrogen-bond donors (Lipinski definition) is 4. The molecule has 11 nitrogen and oxygen atoms in total. The van der Waals surface area contributed by atoms with Crippen LogP contribution in [0.4, 0.5) is 11.6 Å². The molecule has 1 amide bonds. The number of halogens is 2. The first kappa shape index (κ1) is 20.6. The fourth-order valence-corrected chi connectivity index (χ4v) is 3.42. The van der Waals surface area contributed by atoms with Gasteiger partial charge in [-0.1, -0.05) is 29.3 Å². The molecular formula is C18H15Cl2N9O2. The number of anilines is 2. The average molecular weight is 460 g/mol. The van der Waals surface area contributed by atoms with Gasteiger partial charge in [0, 0.05) is 6.07 Å². The van der Waals surface area contributed by atoms with E-state index in [1.54, 1.807) is 31.2 Å². The molecule has 1 aromatic carbocycles. The lowest BCUT2D eigenvalue weighted by Crippen LogP contribution is -2.34. The van der Waals surface area contributed by atoms with Crippen LogP contribution in [0.3, 0.4) is 0 Å². The number of nitrogens with zero attached hydrogens (tertiary/aromatic N) is 5. The minimum atomic E-state index is -0.760. The van der Waals surface area contributed by atoms with Crippen LogP contribution >= 0.6 is 23.2 Å². The van der Waals surface area contributed by atoms with Crippen LogP contribution in [-0.2, 0) is 0 Å². The van der Waals surface area contributed by atoms with Gasteiger partial charge in [0.15, 0.2) is 22.5 Å². The van der Waals surface area contributed by atoms with Gasteiger partial charge in [-0.05, 0) is 19.1 Å². The zero-order valence-electron chi connectivity index (χ0n) is 15.9. The molecule has 3 aromatic heterocycles. The molecule has 0 radical (unpaired) electrons. The highest BCUT2D eigenvalue weighted by molar-refractivity contribution is 6.35. The van der Waals surface area contributed by atoms with Gasteiger partial charge < -0.3 is 16.8 Å². The summed E-state index contributed by atoms with van der Waals surface area (Å²) in [6, 6.07) is 5.76. The number of aromatic nitrogens is 6. The molecule has 158 valence electrons. The molecule has 0 spiro atoms. The van der Waals surface area contributed by atoms with Crippen molar-refractivity contribution in [2.75, 3.05) is 11.5 Å². The number of aromatic amines is 1. The maximum absolute atomic E-state index is 13.3. The molecule has 31 heavy (non-hydrogen) atoms. The maximum atomic E-state index is 13.3. The first-order chi connectivity index (χ1) is 14.8. The molecule has 13 heteroatoms. The lowest BCUT2D eigenvalue weighted by atomic mass is 10.2. The molecule has 1 atom stereocenters. The first-order valence-electron chi connectivity index (χ1n) is 8.88. The summed E-state index contributed by atoms with van der Waals surface area (Å²) in [6.45, 7) is 1.64. The molecule has 1 unspecified atom stereocenters. The lowest BCUT2D eigenvalue weighted by Gasteiger charge is -2.19. The Morgan fingerprint density at radius 2 is 1.94 bits per heavy atom. The van der Waals surface area contributed by atoms with Crippen molar-refractivity contribution < 1.29 is 4.79 Å². The van der Waals surface area contributed by atoms with E-state index in [1.807, 2.05) is 0 Å². The highest BCUT2D eigenvalue weighted by Gasteiger charge is 2.24. The molecule has 6 N–H and O–H groups in total. The summed E-state index contributed by atoms with van der Waals surface area (Å²) >= 11 is 12.1. The molecule has 3 heterocycles. The number of nitrogens with two attached hydrogens (primary N) is 2. The minimum absolute atomic E-state index is 0.0927. The molecule has 0 bridgehead atoms. The Kier molecular flexibility index (Phi) is 5.21. The van der Waals surface area contributed by atoms with Crippen LogP contribution in [0.1, 0.15) is 29.3 Å². The van der Waals surface area contributed by atoms with E-state index in [0.717, 1.165) is 0 Å². The SMILES string of the molecule is CC(NC(=O)c1nc(Cl)c(N)nc1N)c1nc2cccc(Cl)c2c(=O)n1-c1ccn[nH]1. The zero-order valence-corrected chi connectivity index (χ0v) is 17.4. The summed E-state index contributed by atoms with van der Waals surface area (Å²) in [4.78, 5) is 38.3. The quantitative estimate of drug-likeness (QED) is 0.357. The van der Waals surface area contributed by atoms with Crippen LogP contribution in [0.25, 0.3) is 16.7 Å². The number of nitrogens with one attached hydrogen (secondary N) is 2. The summed E-state index contributed by atoms with van der Waals surface area (Å²) in [6.07, 6.45) is 1.48. The van der Waals surface area contributed by atoms with Gasteiger partial charge in [-0.15, -0.1) is 0 Å².